The Balaban J connectivity index is 0.0000000995. The predicted molar refractivity (Wildman–Crippen MR) is 585 cm³/mol. The van der Waals surface area contributed by atoms with E-state index in [4.69, 9.17) is 37.6 Å². The second-order valence-corrected chi connectivity index (χ2v) is 36.9. The number of rotatable bonds is 12. The number of fused-ring (bicyclic) bond motifs is 16. The topological polar surface area (TPSA) is 124 Å². The minimum Gasteiger partial charge on any atom is -0.423 e. The monoisotopic (exact) mass is 1830 g/mol. The Bertz CT molecular complexity index is 9230. The van der Waals surface area contributed by atoms with Crippen LogP contribution in [0.25, 0.3) is 245 Å². The van der Waals surface area contributed by atoms with E-state index >= 15 is 0 Å². The summed E-state index contributed by atoms with van der Waals surface area (Å²) in [6.07, 6.45) is 0. The molecule has 0 N–H and O–H groups in total. The van der Waals surface area contributed by atoms with Crippen molar-refractivity contribution in [1.29, 1.82) is 0 Å². The van der Waals surface area contributed by atoms with E-state index in [-0.39, 0.29) is 0 Å². The van der Waals surface area contributed by atoms with Gasteiger partial charge in [-0.15, -0.1) is 0 Å². The first-order valence-electron chi connectivity index (χ1n) is 48.1. The molecule has 0 unspecified atom stereocenters. The first kappa shape index (κ1) is 85.2. The summed E-state index contributed by atoms with van der Waals surface area (Å²) in [7, 11) is 0. The molecular weight excluding hydrogens is 1740 g/mol. The molecule has 0 bridgehead atoms. The van der Waals surface area contributed by atoms with Crippen molar-refractivity contribution in [2.45, 2.75) is 41.5 Å². The minimum absolute atomic E-state index is 0.584. The summed E-state index contributed by atoms with van der Waals surface area (Å²) < 4.78 is 33.5. The van der Waals surface area contributed by atoms with Crippen LogP contribution in [0.4, 0.5) is 0 Å². The Kier molecular flexibility index (Phi) is 21.3. The van der Waals surface area contributed by atoms with E-state index in [1.165, 1.54) is 165 Å². The smallest absolute Gasteiger partial charge is 0.307 e. The highest BCUT2D eigenvalue weighted by Crippen LogP contribution is 2.45. The van der Waals surface area contributed by atoms with Gasteiger partial charge in [0.2, 0.25) is 0 Å². The van der Waals surface area contributed by atoms with Gasteiger partial charge >= 0.3 is 24.1 Å². The van der Waals surface area contributed by atoms with Gasteiger partial charge in [0.1, 0.15) is 22.1 Å². The fourth-order valence-electron chi connectivity index (χ4n) is 20.3. The zero-order valence-electron chi connectivity index (χ0n) is 78.9. The molecule has 0 spiro atoms. The molecule has 28 rings (SSSR count). The first-order chi connectivity index (χ1) is 69.8. The third kappa shape index (κ3) is 15.7. The molecule has 0 aliphatic heterocycles. The van der Waals surface area contributed by atoms with Crippen LogP contribution in [0.5, 0.6) is 0 Å². The van der Waals surface area contributed by atoms with Crippen LogP contribution in [0.3, 0.4) is 0 Å². The lowest BCUT2D eigenvalue weighted by molar-refractivity contribution is 0.574. The lowest BCUT2D eigenvalue weighted by Gasteiger charge is -2.07. The molecule has 142 heavy (non-hydrogen) atoms. The maximum Gasteiger partial charge on any atom is 0.307 e. The molecule has 0 saturated carbocycles. The summed E-state index contributed by atoms with van der Waals surface area (Å²) in [4.78, 5) is 19.3. The second kappa shape index (κ2) is 35.6. The summed E-state index contributed by atoms with van der Waals surface area (Å²) in [5.74, 6) is 0. The van der Waals surface area contributed by atoms with Gasteiger partial charge in [-0.1, -0.05) is 326 Å². The van der Waals surface area contributed by atoms with Gasteiger partial charge in [-0.05, 0) is 287 Å². The Morgan fingerprint density at radius 2 is 0.359 bits per heavy atom. The molecule has 0 saturated heterocycles. The normalized spacial score (nSPS) is 11.6. The fourth-order valence-corrected chi connectivity index (χ4v) is 20.3. The van der Waals surface area contributed by atoms with Crippen molar-refractivity contribution in [1.82, 2.24) is 38.2 Å². The average Bonchev–Trinajstić information content (AvgIpc) is 1.59. The van der Waals surface area contributed by atoms with Crippen molar-refractivity contribution in [3.8, 4) is 113 Å². The SMILES string of the molecule is Cc1ccc(-c2ccc3c(c2)c2cc(-c4ccc(C)cc4)ccc2n3-c2nc3ccccc3o2)cc1.Cc1cccc(-c2ccc3c(c2)c2cc(-c4cccc(C)c4)ccc2n3-c2nc3ccccc3o2)c1.Cc1ccccc1-c1ccc2c(c1)c1cc(-c3ccccc3C)ccc1n2-c1nc2ccccc2o1.c1ccc(-c2ccc3c(c2)c2cc(-c4ccccc4)ccc2n3-c2nc3ccccc3o2)cc1. The van der Waals surface area contributed by atoms with Gasteiger partial charge in [0.25, 0.3) is 0 Å². The molecule has 0 radical (unpaired) electrons. The Labute approximate surface area is 818 Å². The third-order valence-electron chi connectivity index (χ3n) is 27.6. The molecule has 8 heterocycles. The molecule has 28 aromatic rings. The Hall–Kier alpha value is -18.5. The Morgan fingerprint density at radius 3 is 0.620 bits per heavy atom. The fraction of sp³-hybridized carbons (Fsp3) is 0.0462. The molecule has 0 aliphatic rings. The van der Waals surface area contributed by atoms with Gasteiger partial charge in [-0.3, -0.25) is 18.3 Å². The van der Waals surface area contributed by atoms with Crippen molar-refractivity contribution >= 4 is 132 Å². The zero-order valence-corrected chi connectivity index (χ0v) is 78.9. The summed E-state index contributed by atoms with van der Waals surface area (Å²) in [6.45, 7) is 12.8. The molecule has 0 aliphatic carbocycles. The van der Waals surface area contributed by atoms with Crippen LogP contribution in [0.1, 0.15) is 33.4 Å². The second-order valence-electron chi connectivity index (χ2n) is 36.9. The molecule has 0 fully saturated rings. The van der Waals surface area contributed by atoms with Crippen molar-refractivity contribution in [2.75, 3.05) is 0 Å². The van der Waals surface area contributed by atoms with Crippen molar-refractivity contribution < 1.29 is 17.7 Å². The molecular formula is C130H92N8O4. The highest BCUT2D eigenvalue weighted by Gasteiger charge is 2.26. The van der Waals surface area contributed by atoms with E-state index in [1.54, 1.807) is 0 Å². The molecule has 8 aromatic heterocycles. The third-order valence-corrected chi connectivity index (χ3v) is 27.6. The molecule has 676 valence electrons. The molecule has 20 aromatic carbocycles. The van der Waals surface area contributed by atoms with Crippen LogP contribution in [-0.2, 0) is 0 Å². The summed E-state index contributed by atoms with van der Waals surface area (Å²) >= 11 is 0. The number of hydrogen-bond acceptors (Lipinski definition) is 8. The first-order valence-corrected chi connectivity index (χ1v) is 48.1. The number of aromatic nitrogens is 8. The largest absolute Gasteiger partial charge is 0.423 e. The number of hydrogen-bond donors (Lipinski definition) is 0. The number of oxazole rings is 4. The number of benzene rings is 20. The van der Waals surface area contributed by atoms with Gasteiger partial charge in [-0.25, -0.2) is 0 Å². The minimum atomic E-state index is 0.584. The van der Waals surface area contributed by atoms with Crippen molar-refractivity contribution in [3.63, 3.8) is 0 Å². The van der Waals surface area contributed by atoms with Gasteiger partial charge < -0.3 is 17.7 Å². The van der Waals surface area contributed by atoms with Gasteiger partial charge in [-0.2, -0.15) is 19.9 Å². The number of aryl methyl sites for hydroxylation is 6. The van der Waals surface area contributed by atoms with Crippen LogP contribution in [0.15, 0.2) is 467 Å². The van der Waals surface area contributed by atoms with Crippen molar-refractivity contribution in [2.24, 2.45) is 0 Å². The van der Waals surface area contributed by atoms with E-state index in [1.807, 2.05) is 109 Å². The van der Waals surface area contributed by atoms with E-state index < -0.39 is 0 Å². The van der Waals surface area contributed by atoms with Gasteiger partial charge in [0, 0.05) is 43.1 Å². The van der Waals surface area contributed by atoms with E-state index in [0.29, 0.717) is 24.1 Å². The van der Waals surface area contributed by atoms with E-state index in [9.17, 15) is 0 Å². The number of nitrogens with zero attached hydrogens (tertiary/aromatic N) is 8. The quantitative estimate of drug-likeness (QED) is 0.118. The predicted octanol–water partition coefficient (Wildman–Crippen LogP) is 34.9. The van der Waals surface area contributed by atoms with Crippen LogP contribution in [0, 0.1) is 41.5 Å². The molecule has 0 amide bonds. The summed E-state index contributed by atoms with van der Waals surface area (Å²) in [5, 5.41) is 9.44. The number of para-hydroxylation sites is 8. The van der Waals surface area contributed by atoms with E-state index in [0.717, 1.165) is 88.5 Å². The van der Waals surface area contributed by atoms with Crippen LogP contribution in [-0.4, -0.2) is 38.2 Å². The van der Waals surface area contributed by atoms with Gasteiger partial charge in [0.15, 0.2) is 22.3 Å². The molecule has 12 heteroatoms. The Morgan fingerprint density at radius 1 is 0.155 bits per heavy atom. The highest BCUT2D eigenvalue weighted by molar-refractivity contribution is 6.16. The summed E-state index contributed by atoms with van der Waals surface area (Å²) in [5.41, 5.74) is 42.1. The maximum atomic E-state index is 6.25. The van der Waals surface area contributed by atoms with Crippen LogP contribution in [0.2, 0.25) is 0 Å². The van der Waals surface area contributed by atoms with Gasteiger partial charge in [0.05, 0.1) is 44.1 Å². The van der Waals surface area contributed by atoms with Crippen LogP contribution >= 0.6 is 0 Å². The van der Waals surface area contributed by atoms with Crippen molar-refractivity contribution in [3.05, 3.63) is 482 Å². The average molecular weight is 1830 g/mol. The lowest BCUT2D eigenvalue weighted by atomic mass is 9.97. The standard InChI is InChI=1S/3C33H24N2O.C31H20N2O/c1-21-9-3-5-11-25(21)23-15-17-30-27(19-23)28-20-24(26-12-6-4-10-22(26)2)16-18-31(28)35(30)33-34-29-13-7-8-14-32(29)36-33;1-21-7-5-9-23(17-21)25-13-15-30-27(19-25)28-20-26(24-10-6-8-22(2)18-24)14-16-31(28)35(30)33-34-29-11-3-4-12-32(29)36-33;1-21-7-11-23(12-8-21)25-15-17-30-27(19-25)28-20-26(24-13-9-22(2)10-14-24)16-18-31(28)35(30)33-34-29-5-3-4-6-32(29)36-33;1-3-9-21(10-4-1)23-15-17-28-25(19-23)26-20-24(22-11-5-2-6-12-22)16-18-29(26)33(28)31-32-27-13-7-8-14-30(27)34-31/h3*3-20H,1-2H3;1-20H. The lowest BCUT2D eigenvalue weighted by Crippen LogP contribution is -1.94. The van der Waals surface area contributed by atoms with Crippen LogP contribution < -0.4 is 0 Å². The summed E-state index contributed by atoms with van der Waals surface area (Å²) in [6, 6.07) is 160. The molecule has 12 nitrogen and oxygen atoms in total. The zero-order chi connectivity index (χ0) is 95.2. The van der Waals surface area contributed by atoms with E-state index in [2.05, 4.69) is 400 Å². The molecule has 0 atom stereocenters. The highest BCUT2D eigenvalue weighted by atomic mass is 16.4. The maximum absolute atomic E-state index is 6.25.